The van der Waals surface area contributed by atoms with Crippen LogP contribution in [0.4, 0.5) is 0 Å². The molecule has 0 spiro atoms. The average molecular weight is 543 g/mol. The van der Waals surface area contributed by atoms with E-state index in [9.17, 15) is 19.2 Å². The molecule has 0 aliphatic rings. The molecule has 10 heteroatoms. The first-order chi connectivity index (χ1) is 18.4. The molecular formula is C28H54N4O6. The van der Waals surface area contributed by atoms with E-state index in [1.807, 2.05) is 13.8 Å². The SMILES string of the molecule is CCCNC(=O)[C@H](OC(=O)CCCCCCCCN)[C@@H](OC(=O)CCCCCCCCN)C(=O)NCCC. The van der Waals surface area contributed by atoms with Gasteiger partial charge in [-0.2, -0.15) is 0 Å². The molecule has 0 aromatic heterocycles. The third-order valence-corrected chi connectivity index (χ3v) is 6.08. The van der Waals surface area contributed by atoms with E-state index in [0.29, 0.717) is 51.9 Å². The van der Waals surface area contributed by atoms with Crippen molar-refractivity contribution in [2.24, 2.45) is 11.5 Å². The Morgan fingerprint density at radius 2 is 0.868 bits per heavy atom. The summed E-state index contributed by atoms with van der Waals surface area (Å²) in [6.07, 6.45) is 9.60. The van der Waals surface area contributed by atoms with E-state index in [4.69, 9.17) is 20.9 Å². The maximum absolute atomic E-state index is 12.9. The zero-order valence-electron chi connectivity index (χ0n) is 23.9. The minimum absolute atomic E-state index is 0.121. The predicted molar refractivity (Wildman–Crippen MR) is 149 cm³/mol. The van der Waals surface area contributed by atoms with Crippen molar-refractivity contribution in [1.29, 1.82) is 0 Å². The molecule has 38 heavy (non-hydrogen) atoms. The molecule has 2 amide bonds. The molecule has 2 atom stereocenters. The standard InChI is InChI=1S/C28H54N4O6/c1-3-21-31-27(35)25(37-23(33)17-13-9-5-7-11-15-19-29)26(28(36)32-22-4-2)38-24(34)18-14-10-6-8-12-16-20-30/h25-26H,3-22,29-30H2,1-2H3,(H,31,35)(H,32,36)/t25-,26-/m1/s1. The summed E-state index contributed by atoms with van der Waals surface area (Å²) in [5, 5.41) is 5.34. The Kier molecular flexibility index (Phi) is 23.6. The summed E-state index contributed by atoms with van der Waals surface area (Å²) in [5.41, 5.74) is 11.0. The molecule has 0 heterocycles. The predicted octanol–water partition coefficient (Wildman–Crippen LogP) is 3.24. The van der Waals surface area contributed by atoms with Crippen LogP contribution in [0.1, 0.15) is 117 Å². The monoisotopic (exact) mass is 542 g/mol. The largest absolute Gasteiger partial charge is 0.448 e. The molecule has 0 fully saturated rings. The van der Waals surface area contributed by atoms with Gasteiger partial charge in [-0.1, -0.05) is 65.2 Å². The Morgan fingerprint density at radius 3 is 1.18 bits per heavy atom. The third-order valence-electron chi connectivity index (χ3n) is 6.08. The number of nitrogens with two attached hydrogens (primary N) is 2. The van der Waals surface area contributed by atoms with E-state index in [1.165, 1.54) is 0 Å². The fourth-order valence-electron chi connectivity index (χ4n) is 3.85. The van der Waals surface area contributed by atoms with Gasteiger partial charge in [0, 0.05) is 25.9 Å². The molecule has 0 aliphatic carbocycles. The topological polar surface area (TPSA) is 163 Å². The van der Waals surface area contributed by atoms with Crippen molar-refractivity contribution in [3.05, 3.63) is 0 Å². The van der Waals surface area contributed by atoms with Crippen LogP contribution in [0, 0.1) is 0 Å². The highest BCUT2D eigenvalue weighted by molar-refractivity contribution is 5.93. The number of esters is 2. The van der Waals surface area contributed by atoms with Crippen molar-refractivity contribution < 1.29 is 28.7 Å². The summed E-state index contributed by atoms with van der Waals surface area (Å²) >= 11 is 0. The molecule has 0 unspecified atom stereocenters. The molecule has 0 saturated carbocycles. The van der Waals surface area contributed by atoms with E-state index in [1.54, 1.807) is 0 Å². The Hall–Kier alpha value is -2.20. The van der Waals surface area contributed by atoms with Gasteiger partial charge in [0.15, 0.2) is 0 Å². The summed E-state index contributed by atoms with van der Waals surface area (Å²) in [6, 6.07) is 0. The second kappa shape index (κ2) is 25.1. The van der Waals surface area contributed by atoms with Gasteiger partial charge in [-0.05, 0) is 51.6 Å². The summed E-state index contributed by atoms with van der Waals surface area (Å²) < 4.78 is 11.0. The van der Waals surface area contributed by atoms with Crippen LogP contribution in [-0.4, -0.2) is 62.1 Å². The minimum Gasteiger partial charge on any atom is -0.448 e. The zero-order valence-corrected chi connectivity index (χ0v) is 23.9. The van der Waals surface area contributed by atoms with Gasteiger partial charge < -0.3 is 31.6 Å². The van der Waals surface area contributed by atoms with Gasteiger partial charge in [0.2, 0.25) is 12.2 Å². The van der Waals surface area contributed by atoms with Crippen LogP contribution in [0.3, 0.4) is 0 Å². The van der Waals surface area contributed by atoms with E-state index >= 15 is 0 Å². The average Bonchev–Trinajstić information content (AvgIpc) is 2.91. The number of carbonyl (C=O) groups excluding carboxylic acids is 4. The minimum atomic E-state index is -1.55. The summed E-state index contributed by atoms with van der Waals surface area (Å²) in [6.45, 7) is 5.82. The lowest BCUT2D eigenvalue weighted by Gasteiger charge is -2.25. The van der Waals surface area contributed by atoms with Crippen LogP contribution in [0.5, 0.6) is 0 Å². The van der Waals surface area contributed by atoms with Gasteiger partial charge in [0.05, 0.1) is 0 Å². The first-order valence-electron chi connectivity index (χ1n) is 14.8. The van der Waals surface area contributed by atoms with E-state index < -0.39 is 36.0 Å². The molecule has 0 rings (SSSR count). The smallest absolute Gasteiger partial charge is 0.306 e. The van der Waals surface area contributed by atoms with Crippen molar-refractivity contribution in [3.8, 4) is 0 Å². The second-order valence-corrected chi connectivity index (χ2v) is 9.72. The number of ether oxygens (including phenoxy) is 2. The Labute approximate surface area is 229 Å². The van der Waals surface area contributed by atoms with Crippen LogP contribution in [0.2, 0.25) is 0 Å². The fourth-order valence-corrected chi connectivity index (χ4v) is 3.85. The molecule has 0 aliphatic heterocycles. The summed E-state index contributed by atoms with van der Waals surface area (Å²) in [7, 11) is 0. The first kappa shape index (κ1) is 35.8. The van der Waals surface area contributed by atoms with Crippen molar-refractivity contribution >= 4 is 23.8 Å². The van der Waals surface area contributed by atoms with Gasteiger partial charge in [0.1, 0.15) is 0 Å². The molecule has 10 nitrogen and oxygen atoms in total. The molecule has 0 saturated heterocycles. The number of nitrogens with one attached hydrogen (secondary N) is 2. The Bertz CT molecular complexity index is 593. The molecule has 0 aromatic rings. The van der Waals surface area contributed by atoms with Gasteiger partial charge >= 0.3 is 11.9 Å². The lowest BCUT2D eigenvalue weighted by Crippen LogP contribution is -2.53. The molecule has 0 bridgehead atoms. The zero-order chi connectivity index (χ0) is 28.4. The number of unbranched alkanes of at least 4 members (excludes halogenated alkanes) is 10. The highest BCUT2D eigenvalue weighted by Gasteiger charge is 2.39. The lowest BCUT2D eigenvalue weighted by atomic mass is 10.1. The third kappa shape index (κ3) is 19.0. The number of carbonyl (C=O) groups is 4. The number of amides is 2. The summed E-state index contributed by atoms with van der Waals surface area (Å²) in [4.78, 5) is 51.1. The van der Waals surface area contributed by atoms with Crippen molar-refractivity contribution in [2.45, 2.75) is 129 Å². The highest BCUT2D eigenvalue weighted by atomic mass is 16.6. The van der Waals surface area contributed by atoms with Crippen LogP contribution < -0.4 is 22.1 Å². The maximum Gasteiger partial charge on any atom is 0.306 e. The van der Waals surface area contributed by atoms with E-state index in [0.717, 1.165) is 64.2 Å². The van der Waals surface area contributed by atoms with Crippen molar-refractivity contribution in [1.82, 2.24) is 10.6 Å². The normalized spacial score (nSPS) is 12.4. The fraction of sp³-hybridized carbons (Fsp3) is 0.857. The van der Waals surface area contributed by atoms with E-state index in [-0.39, 0.29) is 12.8 Å². The van der Waals surface area contributed by atoms with Crippen LogP contribution in [0.15, 0.2) is 0 Å². The molecular weight excluding hydrogens is 488 g/mol. The maximum atomic E-state index is 12.9. The van der Waals surface area contributed by atoms with Gasteiger partial charge in [0.25, 0.3) is 11.8 Å². The molecule has 6 N–H and O–H groups in total. The van der Waals surface area contributed by atoms with Gasteiger partial charge in [-0.15, -0.1) is 0 Å². The number of hydrogen-bond donors (Lipinski definition) is 4. The lowest BCUT2D eigenvalue weighted by molar-refractivity contribution is -0.176. The van der Waals surface area contributed by atoms with Gasteiger partial charge in [-0.3, -0.25) is 19.2 Å². The Morgan fingerprint density at radius 1 is 0.553 bits per heavy atom. The van der Waals surface area contributed by atoms with Crippen LogP contribution in [0.25, 0.3) is 0 Å². The van der Waals surface area contributed by atoms with Crippen molar-refractivity contribution in [2.75, 3.05) is 26.2 Å². The Balaban J connectivity index is 5.14. The molecule has 0 aromatic carbocycles. The van der Waals surface area contributed by atoms with Crippen molar-refractivity contribution in [3.63, 3.8) is 0 Å². The quantitative estimate of drug-likeness (QED) is 0.101. The van der Waals surface area contributed by atoms with E-state index in [2.05, 4.69) is 10.6 Å². The summed E-state index contributed by atoms with van der Waals surface area (Å²) in [5.74, 6) is -2.48. The van der Waals surface area contributed by atoms with Crippen LogP contribution in [-0.2, 0) is 28.7 Å². The highest BCUT2D eigenvalue weighted by Crippen LogP contribution is 2.14. The molecule has 0 radical (unpaired) electrons. The number of hydrogen-bond acceptors (Lipinski definition) is 8. The molecule has 222 valence electrons. The number of rotatable bonds is 25. The first-order valence-corrected chi connectivity index (χ1v) is 14.8. The second-order valence-electron chi connectivity index (χ2n) is 9.72. The van der Waals surface area contributed by atoms with Crippen LogP contribution >= 0.6 is 0 Å². The van der Waals surface area contributed by atoms with Gasteiger partial charge in [-0.25, -0.2) is 0 Å².